The summed E-state index contributed by atoms with van der Waals surface area (Å²) in [6, 6.07) is 10.6. The van der Waals surface area contributed by atoms with Crippen molar-refractivity contribution in [3.63, 3.8) is 0 Å². The van der Waals surface area contributed by atoms with Crippen molar-refractivity contribution in [1.82, 2.24) is 4.90 Å². The molecule has 1 saturated carbocycles. The lowest BCUT2D eigenvalue weighted by atomic mass is 9.86. The molecule has 5 atom stereocenters. The smallest absolute Gasteiger partial charge is 0.419 e. The highest BCUT2D eigenvalue weighted by atomic mass is 28.4. The van der Waals surface area contributed by atoms with Crippen molar-refractivity contribution in [2.45, 2.75) is 147 Å². The Morgan fingerprint density at radius 3 is 2.11 bits per heavy atom. The number of hydrogen-bond donors (Lipinski definition) is 0. The van der Waals surface area contributed by atoms with Crippen LogP contribution in [0.3, 0.4) is 0 Å². The molecule has 0 saturated heterocycles. The third kappa shape index (κ3) is 17.8. The second-order valence-electron chi connectivity index (χ2n) is 17.4. The molecule has 13 heteroatoms. The molecule has 1 fully saturated rings. The Labute approximate surface area is 380 Å². The average Bonchev–Trinajstić information content (AvgIpc) is 3.28. The first-order valence-corrected chi connectivity index (χ1v) is 29.0. The molecule has 1 heterocycles. The number of benzene rings is 1. The second-order valence-corrected chi connectivity index (χ2v) is 26.6. The van der Waals surface area contributed by atoms with Gasteiger partial charge in [-0.25, -0.2) is 19.3 Å². The number of allylic oxidation sites excluding steroid dienone is 3. The Balaban J connectivity index is 2.31. The van der Waals surface area contributed by atoms with Crippen molar-refractivity contribution in [2.24, 2.45) is 11.8 Å². The zero-order valence-corrected chi connectivity index (χ0v) is 41.5. The van der Waals surface area contributed by atoms with Crippen LogP contribution in [0.1, 0.15) is 84.6 Å². The largest absolute Gasteiger partial charge is 0.497 e. The average molecular weight is 908 g/mol. The maximum absolute atomic E-state index is 13.6. The van der Waals surface area contributed by atoms with Crippen molar-refractivity contribution in [3.8, 4) is 5.75 Å². The van der Waals surface area contributed by atoms with Crippen molar-refractivity contribution in [2.75, 3.05) is 26.9 Å². The number of carbonyl (C=O) groups excluding carboxylic acids is 3. The van der Waals surface area contributed by atoms with Crippen LogP contribution in [0, 0.1) is 11.8 Å². The van der Waals surface area contributed by atoms with Crippen LogP contribution in [-0.4, -0.2) is 90.5 Å². The van der Waals surface area contributed by atoms with Crippen molar-refractivity contribution in [1.29, 1.82) is 0 Å². The summed E-state index contributed by atoms with van der Waals surface area (Å²) in [5, 5.41) is 0. The van der Waals surface area contributed by atoms with E-state index in [4.69, 9.17) is 32.5 Å². The Morgan fingerprint density at radius 1 is 0.921 bits per heavy atom. The standard InChI is InChI=1S/C50H77NO10Si2/c1-11-36-56-48(53)51(49(54)57-37-12-2)35-34-50(61-62(8,9)10,33-32-45-42(13-3)28-31-47(52)59-45)46(58-39-41-26-29-43(55-7)30-27-41)38-44(60-63(14-4,15-5)16-6)25-21-20-24-40-22-18-17-19-23-40/h11-12,20-21,24-33,40,42,44-46H,1-2,13-19,22-23,34-39H2,3-10H3/b24-20-,25-21-,33-32+/t42-,44-,45-,46+,50-/m0/s1. The fourth-order valence-electron chi connectivity index (χ4n) is 8.17. The topological polar surface area (TPSA) is 119 Å². The zero-order chi connectivity index (χ0) is 46.3. The molecule has 1 aliphatic carbocycles. The molecule has 1 aliphatic heterocycles. The summed E-state index contributed by atoms with van der Waals surface area (Å²) in [4.78, 5) is 40.8. The Hall–Kier alpha value is -4.02. The zero-order valence-electron chi connectivity index (χ0n) is 39.5. The van der Waals surface area contributed by atoms with Gasteiger partial charge in [-0.2, -0.15) is 0 Å². The molecule has 0 unspecified atom stereocenters. The Morgan fingerprint density at radius 2 is 1.56 bits per heavy atom. The van der Waals surface area contributed by atoms with Crippen LogP contribution in [0.25, 0.3) is 0 Å². The van der Waals surface area contributed by atoms with Gasteiger partial charge in [0.25, 0.3) is 0 Å². The van der Waals surface area contributed by atoms with E-state index in [1.165, 1.54) is 50.3 Å². The number of methoxy groups -OCH3 is 1. The van der Waals surface area contributed by atoms with Gasteiger partial charge in [0, 0.05) is 25.0 Å². The molecule has 1 aromatic rings. The van der Waals surface area contributed by atoms with Crippen molar-refractivity contribution < 1.29 is 46.9 Å². The maximum Gasteiger partial charge on any atom is 0.419 e. The molecule has 1 aromatic carbocycles. The normalized spacial score (nSPS) is 19.4. The maximum atomic E-state index is 13.6. The number of cyclic esters (lactones) is 1. The van der Waals surface area contributed by atoms with E-state index in [0.717, 1.165) is 40.8 Å². The first-order valence-electron chi connectivity index (χ1n) is 23.1. The van der Waals surface area contributed by atoms with Crippen LogP contribution < -0.4 is 4.74 Å². The lowest BCUT2D eigenvalue weighted by Crippen LogP contribution is -2.55. The number of hydrogen-bond acceptors (Lipinski definition) is 10. The van der Waals surface area contributed by atoms with Crippen molar-refractivity contribution >= 4 is 34.8 Å². The Bertz CT molecular complexity index is 1660. The predicted octanol–water partition coefficient (Wildman–Crippen LogP) is 12.0. The molecule has 0 aromatic heterocycles. The summed E-state index contributed by atoms with van der Waals surface area (Å²) in [6.45, 7) is 22.2. The van der Waals surface area contributed by atoms with E-state index in [-0.39, 0.29) is 44.8 Å². The Kier molecular flexibility index (Phi) is 23.1. The summed E-state index contributed by atoms with van der Waals surface area (Å²) >= 11 is 0. The van der Waals surface area contributed by atoms with Gasteiger partial charge in [0.05, 0.1) is 25.9 Å². The van der Waals surface area contributed by atoms with E-state index in [1.54, 1.807) is 7.11 Å². The van der Waals surface area contributed by atoms with Gasteiger partial charge in [-0.15, -0.1) is 0 Å². The first kappa shape index (κ1) is 53.3. The molecule has 0 bridgehead atoms. The number of esters is 1. The third-order valence-electron chi connectivity index (χ3n) is 11.9. The quantitative estimate of drug-likeness (QED) is 0.0277. The van der Waals surface area contributed by atoms with Gasteiger partial charge in [-0.3, -0.25) is 0 Å². The molecule has 0 spiro atoms. The SMILES string of the molecule is C=CCOC(=O)N(CC[C@](/C=C/[C@@H]1OC(=O)C=C[C@@H]1CC)(O[Si](C)(C)C)[C@@H](C[C@H](/C=C\C=C/C1CCCCC1)O[Si](CC)(CC)CC)OCc1ccc(OC)cc1)C(=O)OCC=C. The number of amides is 2. The minimum absolute atomic E-state index is 0.0800. The summed E-state index contributed by atoms with van der Waals surface area (Å²) in [5.41, 5.74) is -0.393. The summed E-state index contributed by atoms with van der Waals surface area (Å²) in [7, 11) is -3.12. The number of carbonyl (C=O) groups is 3. The molecule has 350 valence electrons. The van der Waals surface area contributed by atoms with E-state index in [1.807, 2.05) is 49.4 Å². The second kappa shape index (κ2) is 27.3. The minimum atomic E-state index is -2.55. The van der Waals surface area contributed by atoms with Gasteiger partial charge in [0.15, 0.2) is 16.6 Å². The van der Waals surface area contributed by atoms with Crippen molar-refractivity contribution in [3.05, 3.63) is 104 Å². The summed E-state index contributed by atoms with van der Waals surface area (Å²) < 4.78 is 44.1. The van der Waals surface area contributed by atoms with Gasteiger partial charge in [0.2, 0.25) is 0 Å². The lowest BCUT2D eigenvalue weighted by molar-refractivity contribution is -0.144. The van der Waals surface area contributed by atoms with Crippen LogP contribution in [0.5, 0.6) is 5.75 Å². The molecule has 11 nitrogen and oxygen atoms in total. The van der Waals surface area contributed by atoms with E-state index in [0.29, 0.717) is 12.3 Å². The lowest BCUT2D eigenvalue weighted by Gasteiger charge is -2.45. The van der Waals surface area contributed by atoms with Crippen LogP contribution >= 0.6 is 0 Å². The van der Waals surface area contributed by atoms with E-state index >= 15 is 0 Å². The molecule has 2 amide bonds. The van der Waals surface area contributed by atoms with E-state index < -0.39 is 52.6 Å². The minimum Gasteiger partial charge on any atom is -0.497 e. The highest BCUT2D eigenvalue weighted by molar-refractivity contribution is 6.73. The van der Waals surface area contributed by atoms with Gasteiger partial charge in [-0.1, -0.05) is 121 Å². The molecule has 2 aliphatic rings. The van der Waals surface area contributed by atoms with E-state index in [9.17, 15) is 14.4 Å². The highest BCUT2D eigenvalue weighted by Gasteiger charge is 2.45. The predicted molar refractivity (Wildman–Crippen MR) is 257 cm³/mol. The number of imide groups is 1. The van der Waals surface area contributed by atoms with Crippen LogP contribution in [-0.2, 0) is 39.2 Å². The van der Waals surface area contributed by atoms with Crippen LogP contribution in [0.2, 0.25) is 37.8 Å². The molecular formula is C50H77NO10Si2. The van der Waals surface area contributed by atoms with Gasteiger partial charge < -0.3 is 32.5 Å². The fraction of sp³-hybridized carbons (Fsp3) is 0.580. The third-order valence-corrected chi connectivity index (χ3v) is 17.6. The molecular weight excluding hydrogens is 831 g/mol. The summed E-state index contributed by atoms with van der Waals surface area (Å²) in [6.07, 6.45) is 22.7. The molecule has 0 N–H and O–H groups in total. The van der Waals surface area contributed by atoms with E-state index in [2.05, 4.69) is 77.9 Å². The van der Waals surface area contributed by atoms with Gasteiger partial charge >= 0.3 is 18.2 Å². The fourth-order valence-corrected chi connectivity index (χ4v) is 12.4. The van der Waals surface area contributed by atoms with Crippen LogP contribution in [0.15, 0.2) is 98.2 Å². The molecule has 0 radical (unpaired) electrons. The number of rotatable bonds is 27. The van der Waals surface area contributed by atoms with Gasteiger partial charge in [-0.05, 0) is 93.1 Å². The van der Waals surface area contributed by atoms with Crippen LogP contribution in [0.4, 0.5) is 9.59 Å². The highest BCUT2D eigenvalue weighted by Crippen LogP contribution is 2.37. The van der Waals surface area contributed by atoms with Gasteiger partial charge in [0.1, 0.15) is 30.7 Å². The summed E-state index contributed by atoms with van der Waals surface area (Å²) in [5.74, 6) is 0.778. The monoisotopic (exact) mass is 908 g/mol. The molecule has 3 rings (SSSR count). The number of nitrogens with zero attached hydrogens (tertiary/aromatic N) is 1. The first-order chi connectivity index (χ1) is 30.2. The number of ether oxygens (including phenoxy) is 5. The molecule has 63 heavy (non-hydrogen) atoms.